The summed E-state index contributed by atoms with van der Waals surface area (Å²) in [6, 6.07) is 0. The Morgan fingerprint density at radius 1 is 1.75 bits per heavy atom. The smallest absolute Gasteiger partial charge is 0.249 e. The van der Waals surface area contributed by atoms with Crippen molar-refractivity contribution in [3.05, 3.63) is 17.7 Å². The van der Waals surface area contributed by atoms with Crippen molar-refractivity contribution in [3.63, 3.8) is 0 Å². The maximum atomic E-state index is 11.6. The summed E-state index contributed by atoms with van der Waals surface area (Å²) in [4.78, 5) is 18.8. The fourth-order valence-electron chi connectivity index (χ4n) is 1.82. The molecule has 1 fully saturated rings. The summed E-state index contributed by atoms with van der Waals surface area (Å²) < 4.78 is 5.29. The van der Waals surface area contributed by atoms with E-state index in [-0.39, 0.29) is 12.0 Å². The third kappa shape index (κ3) is 2.82. The molecule has 1 aliphatic rings. The van der Waals surface area contributed by atoms with Gasteiger partial charge in [-0.3, -0.25) is 4.79 Å². The van der Waals surface area contributed by atoms with Crippen LogP contribution >= 0.6 is 0 Å². The van der Waals surface area contributed by atoms with Gasteiger partial charge in [-0.15, -0.1) is 0 Å². The Labute approximate surface area is 94.6 Å². The van der Waals surface area contributed by atoms with Crippen LogP contribution in [-0.4, -0.2) is 35.1 Å². The van der Waals surface area contributed by atoms with Crippen LogP contribution < -0.4 is 5.32 Å². The summed E-state index contributed by atoms with van der Waals surface area (Å²) in [5.41, 5.74) is 1.05. The summed E-state index contributed by atoms with van der Waals surface area (Å²) in [6.07, 6.45) is 4.17. The molecular formula is C11H17N3O2. The fraction of sp³-hybridized carbons (Fsp3) is 0.636. The van der Waals surface area contributed by atoms with Crippen molar-refractivity contribution in [1.29, 1.82) is 0 Å². The number of carbonyl (C=O) groups excluding carboxylic acids is 1. The summed E-state index contributed by atoms with van der Waals surface area (Å²) in [6.45, 7) is 3.24. The van der Waals surface area contributed by atoms with Crippen molar-refractivity contribution in [2.75, 3.05) is 13.2 Å². The molecule has 5 heteroatoms. The zero-order valence-corrected chi connectivity index (χ0v) is 9.45. The molecule has 1 saturated heterocycles. The number of imidazole rings is 1. The molecule has 1 aliphatic heterocycles. The van der Waals surface area contributed by atoms with E-state index in [1.54, 1.807) is 6.20 Å². The fourth-order valence-corrected chi connectivity index (χ4v) is 1.82. The first kappa shape index (κ1) is 11.1. The molecule has 0 bridgehead atoms. The number of carbonyl (C=O) groups is 1. The van der Waals surface area contributed by atoms with Crippen LogP contribution in [0, 0.1) is 6.92 Å². The standard InChI is InChI=1S/C11H17N3O2/c1-8-13-7-9(14-8)4-5-12-11(15)10-3-2-6-16-10/h7,10H,2-6H2,1H3,(H,12,15)(H,13,14). The number of aryl methyl sites for hydroxylation is 1. The molecule has 0 saturated carbocycles. The molecule has 88 valence electrons. The number of rotatable bonds is 4. The van der Waals surface area contributed by atoms with E-state index in [4.69, 9.17) is 4.74 Å². The van der Waals surface area contributed by atoms with Gasteiger partial charge in [-0.05, 0) is 19.8 Å². The molecule has 5 nitrogen and oxygen atoms in total. The highest BCUT2D eigenvalue weighted by molar-refractivity contribution is 5.80. The maximum Gasteiger partial charge on any atom is 0.249 e. The minimum absolute atomic E-state index is 0.00809. The second-order valence-corrected chi connectivity index (χ2v) is 4.04. The largest absolute Gasteiger partial charge is 0.368 e. The molecule has 1 unspecified atom stereocenters. The Balaban J connectivity index is 1.69. The first-order valence-electron chi connectivity index (χ1n) is 5.65. The number of H-pyrrole nitrogens is 1. The highest BCUT2D eigenvalue weighted by Gasteiger charge is 2.22. The van der Waals surface area contributed by atoms with Crippen LogP contribution in [0.2, 0.25) is 0 Å². The van der Waals surface area contributed by atoms with Crippen LogP contribution in [0.1, 0.15) is 24.4 Å². The predicted molar refractivity (Wildman–Crippen MR) is 59.0 cm³/mol. The molecule has 1 atom stereocenters. The average Bonchev–Trinajstić information content (AvgIpc) is 2.89. The van der Waals surface area contributed by atoms with Gasteiger partial charge in [0.1, 0.15) is 11.9 Å². The van der Waals surface area contributed by atoms with Gasteiger partial charge in [-0.25, -0.2) is 4.98 Å². The zero-order chi connectivity index (χ0) is 11.4. The average molecular weight is 223 g/mol. The summed E-state index contributed by atoms with van der Waals surface area (Å²) in [5.74, 6) is 0.911. The van der Waals surface area contributed by atoms with Crippen LogP contribution in [-0.2, 0) is 16.0 Å². The van der Waals surface area contributed by atoms with Crippen LogP contribution in [0.4, 0.5) is 0 Å². The number of hydrogen-bond donors (Lipinski definition) is 2. The summed E-state index contributed by atoms with van der Waals surface area (Å²) >= 11 is 0. The number of aromatic nitrogens is 2. The van der Waals surface area contributed by atoms with Crippen LogP contribution in [0.25, 0.3) is 0 Å². The second kappa shape index (κ2) is 5.12. The Morgan fingerprint density at radius 2 is 2.62 bits per heavy atom. The summed E-state index contributed by atoms with van der Waals surface area (Å²) in [7, 11) is 0. The van der Waals surface area contributed by atoms with Gasteiger partial charge in [-0.1, -0.05) is 0 Å². The van der Waals surface area contributed by atoms with Crippen molar-refractivity contribution in [2.24, 2.45) is 0 Å². The van der Waals surface area contributed by atoms with Gasteiger partial charge < -0.3 is 15.0 Å². The van der Waals surface area contributed by atoms with Gasteiger partial charge in [0.25, 0.3) is 0 Å². The highest BCUT2D eigenvalue weighted by atomic mass is 16.5. The molecule has 2 heterocycles. The second-order valence-electron chi connectivity index (χ2n) is 4.04. The van der Waals surface area contributed by atoms with Crippen LogP contribution in [0.15, 0.2) is 6.20 Å². The van der Waals surface area contributed by atoms with E-state index in [0.717, 1.165) is 30.8 Å². The third-order valence-electron chi connectivity index (χ3n) is 2.67. The van der Waals surface area contributed by atoms with E-state index in [2.05, 4.69) is 15.3 Å². The van der Waals surface area contributed by atoms with E-state index >= 15 is 0 Å². The first-order chi connectivity index (χ1) is 7.75. The molecular weight excluding hydrogens is 206 g/mol. The summed E-state index contributed by atoms with van der Waals surface area (Å²) in [5, 5.41) is 2.87. The van der Waals surface area contributed by atoms with E-state index in [0.29, 0.717) is 13.2 Å². The van der Waals surface area contributed by atoms with Crippen molar-refractivity contribution < 1.29 is 9.53 Å². The SMILES string of the molecule is Cc1ncc(CCNC(=O)C2CCCO2)[nH]1. The normalized spacial score (nSPS) is 19.9. The van der Waals surface area contributed by atoms with E-state index in [1.807, 2.05) is 6.92 Å². The molecule has 1 aromatic rings. The molecule has 2 N–H and O–H groups in total. The highest BCUT2D eigenvalue weighted by Crippen LogP contribution is 2.11. The Bertz CT molecular complexity index is 356. The lowest BCUT2D eigenvalue weighted by atomic mass is 10.2. The van der Waals surface area contributed by atoms with Gasteiger partial charge in [0.2, 0.25) is 5.91 Å². The third-order valence-corrected chi connectivity index (χ3v) is 2.67. The monoisotopic (exact) mass is 223 g/mol. The molecule has 0 radical (unpaired) electrons. The van der Waals surface area contributed by atoms with Crippen LogP contribution in [0.5, 0.6) is 0 Å². The quantitative estimate of drug-likeness (QED) is 0.783. The maximum absolute atomic E-state index is 11.6. The van der Waals surface area contributed by atoms with Gasteiger partial charge in [-0.2, -0.15) is 0 Å². The molecule has 16 heavy (non-hydrogen) atoms. The Kier molecular flexibility index (Phi) is 3.56. The van der Waals surface area contributed by atoms with Gasteiger partial charge in [0.05, 0.1) is 0 Å². The minimum atomic E-state index is -0.233. The topological polar surface area (TPSA) is 67.0 Å². The molecule has 0 aromatic carbocycles. The first-order valence-corrected chi connectivity index (χ1v) is 5.65. The minimum Gasteiger partial charge on any atom is -0.368 e. The Hall–Kier alpha value is -1.36. The number of nitrogens with one attached hydrogen (secondary N) is 2. The zero-order valence-electron chi connectivity index (χ0n) is 9.45. The number of ether oxygens (including phenoxy) is 1. The lowest BCUT2D eigenvalue weighted by molar-refractivity contribution is -0.129. The number of hydrogen-bond acceptors (Lipinski definition) is 3. The van der Waals surface area contributed by atoms with Gasteiger partial charge in [0.15, 0.2) is 0 Å². The lowest BCUT2D eigenvalue weighted by Crippen LogP contribution is -2.35. The number of aromatic amines is 1. The van der Waals surface area contributed by atoms with Gasteiger partial charge in [0, 0.05) is 31.5 Å². The number of nitrogens with zero attached hydrogens (tertiary/aromatic N) is 1. The van der Waals surface area contributed by atoms with Crippen molar-refractivity contribution >= 4 is 5.91 Å². The van der Waals surface area contributed by atoms with E-state index in [9.17, 15) is 4.79 Å². The molecule has 0 aliphatic carbocycles. The van der Waals surface area contributed by atoms with E-state index < -0.39 is 0 Å². The predicted octanol–water partition coefficient (Wildman–Crippen LogP) is 0.556. The number of amides is 1. The molecule has 1 amide bonds. The van der Waals surface area contributed by atoms with E-state index in [1.165, 1.54) is 0 Å². The van der Waals surface area contributed by atoms with Crippen LogP contribution in [0.3, 0.4) is 0 Å². The molecule has 0 spiro atoms. The Morgan fingerprint density at radius 3 is 3.25 bits per heavy atom. The molecule has 1 aromatic heterocycles. The van der Waals surface area contributed by atoms with Crippen molar-refractivity contribution in [2.45, 2.75) is 32.3 Å². The van der Waals surface area contributed by atoms with Crippen molar-refractivity contribution in [1.82, 2.24) is 15.3 Å². The van der Waals surface area contributed by atoms with Crippen molar-refractivity contribution in [3.8, 4) is 0 Å². The lowest BCUT2D eigenvalue weighted by Gasteiger charge is -2.09. The van der Waals surface area contributed by atoms with Gasteiger partial charge >= 0.3 is 0 Å². The molecule has 2 rings (SSSR count).